The molecule has 0 bridgehead atoms. The molecule has 4 unspecified atom stereocenters. The van der Waals surface area contributed by atoms with Crippen molar-refractivity contribution in [3.63, 3.8) is 0 Å². The molecule has 2 aromatic carbocycles. The molecule has 8 amide bonds. The van der Waals surface area contributed by atoms with Crippen LogP contribution in [0.5, 0.6) is 0 Å². The Morgan fingerprint density at radius 2 is 1.56 bits per heavy atom. The van der Waals surface area contributed by atoms with Crippen LogP contribution in [0.2, 0.25) is 0 Å². The number of ketones is 2. The lowest BCUT2D eigenvalue weighted by molar-refractivity contribution is -0.202. The normalized spacial score (nSPS) is 20.4. The number of hydrogen-bond acceptors (Lipinski definition) is 20. The van der Waals surface area contributed by atoms with Crippen LogP contribution in [0.15, 0.2) is 30.3 Å². The second-order valence-electron chi connectivity index (χ2n) is 26.0. The Bertz CT molecular complexity index is 3450. The number of rotatable bonds is 40. The SMILES string of the molecule is CC[C@@]1(O)C(=O)OCC2C(=O)N3Cc4c(nc5cc(F)c(C)c6c5c4[C@@H](NC(=O)COCCC(=O)CNC(=O)OCc4ccc(NC(=O)[C@H](CCCNC(N)=O)CC(=O)[C@@H](NC(=O)CCOCCOCCOCCOCCNC(=O)COC5C#CCCCCC5)C(C)C)cc4)CC6)C3CC21. The summed E-state index contributed by atoms with van der Waals surface area (Å²) in [4.78, 5) is 137. The third kappa shape index (κ3) is 21.9. The zero-order valence-corrected chi connectivity index (χ0v) is 57.6. The number of esters is 1. The minimum atomic E-state index is -1.85. The molecule has 100 heavy (non-hydrogen) atoms. The van der Waals surface area contributed by atoms with E-state index in [1.54, 1.807) is 56.9 Å². The van der Waals surface area contributed by atoms with Gasteiger partial charge in [-0.2, -0.15) is 0 Å². The average Bonchev–Trinajstić information content (AvgIpc) is 1.52. The first-order valence-corrected chi connectivity index (χ1v) is 34.7. The minimum absolute atomic E-state index is 0.0266. The van der Waals surface area contributed by atoms with Crippen molar-refractivity contribution in [2.45, 2.75) is 161 Å². The van der Waals surface area contributed by atoms with Crippen molar-refractivity contribution in [1.29, 1.82) is 0 Å². The number of pyridine rings is 1. The monoisotopic (exact) mass is 1400 g/mol. The molecule has 0 spiro atoms. The van der Waals surface area contributed by atoms with Crippen LogP contribution in [0.4, 0.5) is 19.7 Å². The van der Waals surface area contributed by atoms with E-state index in [2.05, 4.69) is 43.7 Å². The lowest BCUT2D eigenvalue weighted by atomic mass is 9.69. The molecule has 3 aliphatic heterocycles. The van der Waals surface area contributed by atoms with Crippen molar-refractivity contribution in [3.8, 4) is 11.8 Å². The molecule has 3 aromatic rings. The largest absolute Gasteiger partial charge is 0.463 e. The van der Waals surface area contributed by atoms with Crippen molar-refractivity contribution in [3.05, 3.63) is 69.7 Å². The number of benzene rings is 2. The first-order valence-electron chi connectivity index (χ1n) is 34.7. The van der Waals surface area contributed by atoms with E-state index in [0.717, 1.165) is 48.8 Å². The zero-order chi connectivity index (χ0) is 71.7. The van der Waals surface area contributed by atoms with E-state index in [4.69, 9.17) is 48.6 Å². The van der Waals surface area contributed by atoms with Crippen molar-refractivity contribution in [1.82, 2.24) is 36.5 Å². The number of aromatic nitrogens is 1. The van der Waals surface area contributed by atoms with Crippen LogP contribution in [0.25, 0.3) is 10.9 Å². The van der Waals surface area contributed by atoms with Gasteiger partial charge in [0.25, 0.3) is 0 Å². The van der Waals surface area contributed by atoms with Gasteiger partial charge in [-0.3, -0.25) is 38.5 Å². The summed E-state index contributed by atoms with van der Waals surface area (Å²) in [5, 5.41) is 28.5. The van der Waals surface area contributed by atoms with E-state index >= 15 is 4.39 Å². The number of carbonyl (C=O) groups is 10. The number of urea groups is 1. The molecular weight excluding hydrogens is 1300 g/mol. The number of ether oxygens (including phenoxy) is 8. The number of halogens is 1. The van der Waals surface area contributed by atoms with Gasteiger partial charge in [-0.1, -0.05) is 45.2 Å². The second-order valence-corrected chi connectivity index (χ2v) is 26.0. The number of nitrogens with zero attached hydrogens (tertiary/aromatic N) is 2. The number of anilines is 1. The highest BCUT2D eigenvalue weighted by Gasteiger charge is 2.59. The maximum absolute atomic E-state index is 15.4. The van der Waals surface area contributed by atoms with E-state index in [1.165, 1.54) is 6.07 Å². The summed E-state index contributed by atoms with van der Waals surface area (Å²) < 4.78 is 59.4. The van der Waals surface area contributed by atoms with Crippen molar-refractivity contribution in [2.24, 2.45) is 29.4 Å². The molecule has 9 N–H and O–H groups in total. The van der Waals surface area contributed by atoms with Gasteiger partial charge in [0.2, 0.25) is 29.5 Å². The van der Waals surface area contributed by atoms with Crippen LogP contribution in [0, 0.1) is 48.3 Å². The van der Waals surface area contributed by atoms with Gasteiger partial charge in [0.1, 0.15) is 38.3 Å². The van der Waals surface area contributed by atoms with Crippen molar-refractivity contribution < 1.29 is 95.3 Å². The fourth-order valence-corrected chi connectivity index (χ4v) is 13.2. The molecular formula is C71H96FN9O19. The average molecular weight is 1400 g/mol. The fraction of sp³-hybridized carbons (Fsp3) is 0.620. The maximum atomic E-state index is 15.4. The standard InChI is InChI=1S/C71H96FN9O19/c1-5-71(92)53-35-57-65-51(38-81(57)67(88)52(53)40-99-68(71)89)63-55(20-19-50-44(4)54(72)36-56(79-65)62(50)63)78-61(86)41-97-25-21-48(82)37-76-70(91)100-39-45-15-17-47(18-16-45)77-66(87)46(12-11-23-75-69(73)90)34-58(83)64(43(2)3)80-59(84)22-26-93-28-30-95-32-33-96-31-29-94-27-24-74-60(85)42-98-49-13-9-7-6-8-10-14-49/h15-18,36,43,46,49,52-53,55,57,64,92H,5-9,11-13,19-35,37-42H2,1-4H3,(H,74,85)(H,76,91)(H,77,87)(H,78,86)(H,80,84)(H3,73,75,90)/t46-,49?,52?,53?,55+,57?,64+,71+/m1/s1. The molecule has 8 atom stereocenters. The van der Waals surface area contributed by atoms with Crippen LogP contribution in [0.1, 0.15) is 150 Å². The molecule has 2 saturated heterocycles. The molecule has 2 aliphatic carbocycles. The number of alkyl carbamates (subject to hydrolysis) is 1. The molecule has 8 rings (SSSR count). The lowest BCUT2D eigenvalue weighted by Gasteiger charge is -2.48. The highest BCUT2D eigenvalue weighted by atomic mass is 19.1. The van der Waals surface area contributed by atoms with E-state index in [1.807, 2.05) is 0 Å². The molecule has 0 saturated carbocycles. The quantitative estimate of drug-likeness (QED) is 0.0222. The van der Waals surface area contributed by atoms with Crippen LogP contribution in [0.3, 0.4) is 0 Å². The molecule has 4 heterocycles. The summed E-state index contributed by atoms with van der Waals surface area (Å²) in [6.45, 7) is 8.53. The highest BCUT2D eigenvalue weighted by molar-refractivity contribution is 5.98. The molecule has 28 nitrogen and oxygen atoms in total. The number of aryl methyl sites for hydroxylation is 1. The van der Waals surface area contributed by atoms with Gasteiger partial charge in [0.15, 0.2) is 17.2 Å². The van der Waals surface area contributed by atoms with Gasteiger partial charge in [0, 0.05) is 79.9 Å². The second kappa shape index (κ2) is 38.5. The van der Waals surface area contributed by atoms with Crippen molar-refractivity contribution in [2.75, 3.05) is 104 Å². The number of nitrogens with two attached hydrogens (primary N) is 1. The molecule has 546 valence electrons. The Balaban J connectivity index is 0.691. The first kappa shape index (κ1) is 77.5. The van der Waals surface area contributed by atoms with Crippen LogP contribution in [-0.2, 0) is 95.8 Å². The zero-order valence-electron chi connectivity index (χ0n) is 57.6. The predicted molar refractivity (Wildman–Crippen MR) is 359 cm³/mol. The Kier molecular flexibility index (Phi) is 29.9. The van der Waals surface area contributed by atoms with Crippen LogP contribution in [-0.4, -0.2) is 191 Å². The van der Waals surface area contributed by atoms with E-state index < -0.39 is 95.5 Å². The summed E-state index contributed by atoms with van der Waals surface area (Å²) in [7, 11) is 0. The van der Waals surface area contributed by atoms with Crippen molar-refractivity contribution >= 4 is 75.8 Å². The summed E-state index contributed by atoms with van der Waals surface area (Å²) in [6, 6.07) is 4.94. The number of Topliss-reactive ketones (excluding diaryl/α,β-unsaturated/α-hetero) is 2. The number of primary amides is 1. The Labute approximate surface area is 581 Å². The Morgan fingerprint density at radius 3 is 2.28 bits per heavy atom. The van der Waals surface area contributed by atoms with Gasteiger partial charge < -0.3 is 85.5 Å². The number of carbonyl (C=O) groups excluding carboxylic acids is 10. The topological polar surface area (TPSA) is 379 Å². The number of fused-ring (bicyclic) bond motifs is 5. The minimum Gasteiger partial charge on any atom is -0.463 e. The molecule has 5 aliphatic rings. The summed E-state index contributed by atoms with van der Waals surface area (Å²) in [6.07, 6.45) is 5.17. The van der Waals surface area contributed by atoms with Gasteiger partial charge in [-0.05, 0) is 105 Å². The predicted octanol–water partition coefficient (Wildman–Crippen LogP) is 4.43. The third-order valence-electron chi connectivity index (χ3n) is 18.7. The van der Waals surface area contributed by atoms with Crippen LogP contribution >= 0.6 is 0 Å². The van der Waals surface area contributed by atoms with Gasteiger partial charge in [0.05, 0.1) is 101 Å². The van der Waals surface area contributed by atoms with E-state index in [0.29, 0.717) is 92.3 Å². The van der Waals surface area contributed by atoms with E-state index in [9.17, 15) is 53.1 Å². The lowest BCUT2D eigenvalue weighted by Crippen LogP contribution is -2.61. The van der Waals surface area contributed by atoms with Gasteiger partial charge in [-0.25, -0.2) is 18.8 Å². The number of cyclic esters (lactones) is 1. The first-order chi connectivity index (χ1) is 48.1. The summed E-state index contributed by atoms with van der Waals surface area (Å²) in [5.41, 5.74) is 7.91. The highest BCUT2D eigenvalue weighted by Crippen LogP contribution is 2.53. The fourth-order valence-electron chi connectivity index (χ4n) is 13.2. The number of amides is 8. The van der Waals surface area contributed by atoms with Gasteiger partial charge >= 0.3 is 18.1 Å². The third-order valence-corrected chi connectivity index (χ3v) is 18.7. The Hall–Kier alpha value is -8.24. The van der Waals surface area contributed by atoms with E-state index in [-0.39, 0.29) is 134 Å². The smallest absolute Gasteiger partial charge is 0.407 e. The number of nitrogens with one attached hydrogen (secondary N) is 6. The molecule has 2 fully saturated rings. The van der Waals surface area contributed by atoms with Crippen LogP contribution < -0.4 is 37.6 Å². The molecule has 29 heteroatoms. The number of piperidine rings is 1. The molecule has 1 aromatic heterocycles. The summed E-state index contributed by atoms with van der Waals surface area (Å²) in [5.74, 6) is -0.281. The summed E-state index contributed by atoms with van der Waals surface area (Å²) >= 11 is 0. The Morgan fingerprint density at radius 1 is 0.840 bits per heavy atom. The maximum Gasteiger partial charge on any atom is 0.407 e. The molecule has 0 radical (unpaired) electrons. The number of hydrogen-bond donors (Lipinski definition) is 8. The van der Waals surface area contributed by atoms with Gasteiger partial charge in [-0.15, -0.1) is 5.92 Å². The number of aliphatic hydroxyl groups is 1.